The summed E-state index contributed by atoms with van der Waals surface area (Å²) in [5, 5.41) is 3.39. The van der Waals surface area contributed by atoms with Crippen molar-refractivity contribution in [1.29, 1.82) is 0 Å². The first-order chi connectivity index (χ1) is 8.84. The second-order valence-corrected chi connectivity index (χ2v) is 5.23. The van der Waals surface area contributed by atoms with Gasteiger partial charge in [-0.05, 0) is 29.2 Å². The predicted octanol–water partition coefficient (Wildman–Crippen LogP) is 0.900. The van der Waals surface area contributed by atoms with Gasteiger partial charge in [-0.3, -0.25) is 0 Å². The third-order valence-electron chi connectivity index (χ3n) is 3.04. The van der Waals surface area contributed by atoms with E-state index in [0.29, 0.717) is 0 Å². The number of halogens is 1. The van der Waals surface area contributed by atoms with Crippen molar-refractivity contribution in [3.63, 3.8) is 0 Å². The molecule has 3 aromatic rings. The Morgan fingerprint density at radius 2 is 1.84 bits per heavy atom. The third kappa shape index (κ3) is 2.86. The standard InChI is InChI=1S/C16H14NS.ClH/c1-17-11-10-13(8-9-14-5-4-12-18-14)15-6-2-3-7-16(15)17;/h2-12H,1H3;1H/q+1;/p-1/b9-8+;. The minimum atomic E-state index is 0. The van der Waals surface area contributed by atoms with Gasteiger partial charge in [0.1, 0.15) is 7.05 Å². The molecule has 2 heterocycles. The highest BCUT2D eigenvalue weighted by molar-refractivity contribution is 7.10. The largest absolute Gasteiger partial charge is 1.00 e. The number of rotatable bonds is 2. The van der Waals surface area contributed by atoms with Gasteiger partial charge < -0.3 is 12.4 Å². The van der Waals surface area contributed by atoms with Crippen LogP contribution in [0.1, 0.15) is 10.4 Å². The molecule has 2 aromatic heterocycles. The van der Waals surface area contributed by atoms with Crippen LogP contribution in [0.5, 0.6) is 0 Å². The van der Waals surface area contributed by atoms with Gasteiger partial charge in [0.15, 0.2) is 6.20 Å². The van der Waals surface area contributed by atoms with Crippen LogP contribution in [0.4, 0.5) is 0 Å². The molecule has 0 saturated heterocycles. The molecule has 3 rings (SSSR count). The fourth-order valence-corrected chi connectivity index (χ4v) is 2.71. The van der Waals surface area contributed by atoms with Gasteiger partial charge in [0.25, 0.3) is 0 Å². The molecule has 96 valence electrons. The highest BCUT2D eigenvalue weighted by Crippen LogP contribution is 2.19. The summed E-state index contributed by atoms with van der Waals surface area (Å²) in [6.45, 7) is 0. The van der Waals surface area contributed by atoms with Crippen molar-refractivity contribution in [1.82, 2.24) is 0 Å². The number of aryl methyl sites for hydroxylation is 1. The molecule has 0 spiro atoms. The maximum Gasteiger partial charge on any atom is 0.212 e. The second kappa shape index (κ2) is 6.00. The van der Waals surface area contributed by atoms with Crippen molar-refractivity contribution in [2.24, 2.45) is 7.05 Å². The van der Waals surface area contributed by atoms with Crippen molar-refractivity contribution >= 4 is 34.4 Å². The van der Waals surface area contributed by atoms with Crippen LogP contribution in [0, 0.1) is 0 Å². The summed E-state index contributed by atoms with van der Waals surface area (Å²) < 4.78 is 2.15. The maximum atomic E-state index is 2.19. The summed E-state index contributed by atoms with van der Waals surface area (Å²) in [5.74, 6) is 0. The Bertz CT molecular complexity index is 702. The SMILES string of the molecule is C[n+]1ccc(/C=C/c2cccs2)c2ccccc21.[Cl-]. The molecule has 0 atom stereocenters. The molecule has 1 nitrogen and oxygen atoms in total. The van der Waals surface area contributed by atoms with E-state index < -0.39 is 0 Å². The van der Waals surface area contributed by atoms with Crippen LogP contribution in [0.3, 0.4) is 0 Å². The smallest absolute Gasteiger partial charge is 0.212 e. The number of hydrogen-bond donors (Lipinski definition) is 0. The normalized spacial score (nSPS) is 10.8. The van der Waals surface area contributed by atoms with E-state index >= 15 is 0 Å². The fraction of sp³-hybridized carbons (Fsp3) is 0.0625. The third-order valence-corrected chi connectivity index (χ3v) is 3.88. The zero-order valence-electron chi connectivity index (χ0n) is 10.6. The van der Waals surface area contributed by atoms with Crippen LogP contribution >= 0.6 is 11.3 Å². The average molecular weight is 288 g/mol. The Morgan fingerprint density at radius 1 is 1.00 bits per heavy atom. The molecule has 0 radical (unpaired) electrons. The minimum Gasteiger partial charge on any atom is -1.00 e. The fourth-order valence-electron chi connectivity index (χ4n) is 2.09. The highest BCUT2D eigenvalue weighted by atomic mass is 35.5. The van der Waals surface area contributed by atoms with Crippen molar-refractivity contribution < 1.29 is 17.0 Å². The lowest BCUT2D eigenvalue weighted by atomic mass is 10.1. The number of pyridine rings is 1. The molecular weight excluding hydrogens is 274 g/mol. The number of aromatic nitrogens is 1. The van der Waals surface area contributed by atoms with Gasteiger partial charge in [-0.1, -0.05) is 24.3 Å². The predicted molar refractivity (Wildman–Crippen MR) is 78.4 cm³/mol. The summed E-state index contributed by atoms with van der Waals surface area (Å²) in [5.41, 5.74) is 2.52. The molecule has 3 heteroatoms. The van der Waals surface area contributed by atoms with Crippen molar-refractivity contribution in [2.75, 3.05) is 0 Å². The second-order valence-electron chi connectivity index (χ2n) is 4.25. The van der Waals surface area contributed by atoms with Gasteiger partial charge in [0.2, 0.25) is 5.52 Å². The van der Waals surface area contributed by atoms with Crippen LogP contribution in [-0.2, 0) is 7.05 Å². The number of fused-ring (bicyclic) bond motifs is 1. The Balaban J connectivity index is 0.00000133. The summed E-state index contributed by atoms with van der Waals surface area (Å²) in [7, 11) is 2.08. The first-order valence-corrected chi connectivity index (χ1v) is 6.81. The van der Waals surface area contributed by atoms with Gasteiger partial charge >= 0.3 is 0 Å². The van der Waals surface area contributed by atoms with Crippen LogP contribution in [-0.4, -0.2) is 0 Å². The lowest BCUT2D eigenvalue weighted by Gasteiger charge is -2.00. The van der Waals surface area contributed by atoms with E-state index in [9.17, 15) is 0 Å². The van der Waals surface area contributed by atoms with E-state index in [1.165, 1.54) is 21.3 Å². The Hall–Kier alpha value is -1.64. The van der Waals surface area contributed by atoms with E-state index in [-0.39, 0.29) is 12.4 Å². The summed E-state index contributed by atoms with van der Waals surface area (Å²) in [4.78, 5) is 1.28. The van der Waals surface area contributed by atoms with Crippen LogP contribution < -0.4 is 17.0 Å². The first-order valence-electron chi connectivity index (χ1n) is 5.93. The summed E-state index contributed by atoms with van der Waals surface area (Å²) in [6, 6.07) is 14.9. The molecular formula is C16H14ClNS. The summed E-state index contributed by atoms with van der Waals surface area (Å²) in [6.07, 6.45) is 6.47. The summed E-state index contributed by atoms with van der Waals surface area (Å²) >= 11 is 1.76. The van der Waals surface area contributed by atoms with Crippen molar-refractivity contribution in [2.45, 2.75) is 0 Å². The lowest BCUT2D eigenvalue weighted by molar-refractivity contribution is -0.644. The number of nitrogens with zero attached hydrogens (tertiary/aromatic N) is 1. The van der Waals surface area contributed by atoms with Crippen LogP contribution in [0.15, 0.2) is 54.0 Å². The van der Waals surface area contributed by atoms with E-state index in [4.69, 9.17) is 0 Å². The van der Waals surface area contributed by atoms with Gasteiger partial charge in [0.05, 0.1) is 5.39 Å². The van der Waals surface area contributed by atoms with Gasteiger partial charge in [-0.2, -0.15) is 0 Å². The first kappa shape index (κ1) is 13.8. The lowest BCUT2D eigenvalue weighted by Crippen LogP contribution is -3.00. The van der Waals surface area contributed by atoms with Crippen LogP contribution in [0.25, 0.3) is 23.1 Å². The van der Waals surface area contributed by atoms with E-state index in [1.54, 1.807) is 11.3 Å². The minimum absolute atomic E-state index is 0. The number of thiophene rings is 1. The monoisotopic (exact) mass is 287 g/mol. The van der Waals surface area contributed by atoms with E-state index in [0.717, 1.165) is 0 Å². The maximum absolute atomic E-state index is 2.19. The molecule has 0 fully saturated rings. The molecule has 0 aliphatic carbocycles. The Labute approximate surface area is 123 Å². The molecule has 0 aliphatic heterocycles. The van der Waals surface area contributed by atoms with E-state index in [1.807, 2.05) is 0 Å². The molecule has 1 aromatic carbocycles. The molecule has 0 N–H and O–H groups in total. The molecule has 0 bridgehead atoms. The average Bonchev–Trinajstić information content (AvgIpc) is 2.92. The van der Waals surface area contributed by atoms with Gasteiger partial charge in [-0.15, -0.1) is 11.3 Å². The van der Waals surface area contributed by atoms with Gasteiger partial charge in [0, 0.05) is 17.0 Å². The van der Waals surface area contributed by atoms with Crippen LogP contribution in [0.2, 0.25) is 0 Å². The number of para-hydroxylation sites is 1. The Morgan fingerprint density at radius 3 is 2.63 bits per heavy atom. The van der Waals surface area contributed by atoms with Crippen molar-refractivity contribution in [3.8, 4) is 0 Å². The number of benzene rings is 1. The zero-order chi connectivity index (χ0) is 12.4. The zero-order valence-corrected chi connectivity index (χ0v) is 12.2. The topological polar surface area (TPSA) is 3.88 Å². The molecule has 0 unspecified atom stereocenters. The highest BCUT2D eigenvalue weighted by Gasteiger charge is 2.06. The molecule has 0 aliphatic rings. The van der Waals surface area contributed by atoms with E-state index in [2.05, 4.69) is 77.8 Å². The van der Waals surface area contributed by atoms with Crippen molar-refractivity contribution in [3.05, 3.63) is 64.5 Å². The Kier molecular flexibility index (Phi) is 4.35. The van der Waals surface area contributed by atoms with Gasteiger partial charge in [-0.25, -0.2) is 4.57 Å². The number of hydrogen-bond acceptors (Lipinski definition) is 1. The molecule has 0 amide bonds. The quantitative estimate of drug-likeness (QED) is 0.617. The molecule has 0 saturated carbocycles. The molecule has 19 heavy (non-hydrogen) atoms.